The van der Waals surface area contributed by atoms with Crippen molar-refractivity contribution < 1.29 is 14.8 Å². The minimum Gasteiger partial charge on any atom is -0.306 e. The van der Waals surface area contributed by atoms with E-state index in [4.69, 9.17) is 5.21 Å². The molecule has 34 heavy (non-hydrogen) atoms. The van der Waals surface area contributed by atoms with Crippen LogP contribution >= 0.6 is 0 Å². The van der Waals surface area contributed by atoms with Crippen LogP contribution < -0.4 is 16.1 Å². The fourth-order valence-corrected chi connectivity index (χ4v) is 2.96. The van der Waals surface area contributed by atoms with Gasteiger partial charge in [-0.25, -0.2) is 15.3 Å². The van der Waals surface area contributed by atoms with Crippen LogP contribution in [0.25, 0.3) is 11.3 Å². The Labute approximate surface area is 194 Å². The molecule has 3 amide bonds. The van der Waals surface area contributed by atoms with Gasteiger partial charge < -0.3 is 5.32 Å². The zero-order valence-corrected chi connectivity index (χ0v) is 17.7. The molecule has 4 aromatic rings. The molecule has 0 aliphatic rings. The zero-order valence-electron chi connectivity index (χ0n) is 17.7. The largest absolute Gasteiger partial charge is 0.324 e. The molecule has 0 saturated carbocycles. The van der Waals surface area contributed by atoms with Crippen LogP contribution in [0.4, 0.5) is 16.3 Å². The summed E-state index contributed by atoms with van der Waals surface area (Å²) < 4.78 is 0. The van der Waals surface area contributed by atoms with E-state index in [1.54, 1.807) is 48.3 Å². The molecule has 0 atom stereocenters. The number of hydrogen-bond donors (Lipinski definition) is 4. The quantitative estimate of drug-likeness (QED) is 0.213. The van der Waals surface area contributed by atoms with Gasteiger partial charge in [-0.3, -0.25) is 25.3 Å². The maximum atomic E-state index is 12.4. The van der Waals surface area contributed by atoms with Crippen molar-refractivity contribution >= 4 is 23.4 Å². The van der Waals surface area contributed by atoms with Gasteiger partial charge >= 0.3 is 6.03 Å². The monoisotopic (exact) mass is 450 g/mol. The van der Waals surface area contributed by atoms with E-state index in [1.807, 2.05) is 24.3 Å². The molecule has 166 valence electrons. The molecule has 9 nitrogen and oxygen atoms in total. The van der Waals surface area contributed by atoms with E-state index in [1.165, 1.54) is 18.3 Å². The molecule has 0 unspecified atom stereocenters. The fraction of sp³-hybridized carbons (Fsp3) is 0. The van der Waals surface area contributed by atoms with Crippen molar-refractivity contribution in [3.8, 4) is 23.1 Å². The number of pyridine rings is 3. The average Bonchev–Trinajstić information content (AvgIpc) is 2.88. The van der Waals surface area contributed by atoms with Gasteiger partial charge in [0.25, 0.3) is 5.91 Å². The van der Waals surface area contributed by atoms with Crippen molar-refractivity contribution in [1.82, 2.24) is 20.4 Å². The van der Waals surface area contributed by atoms with Crippen molar-refractivity contribution in [2.24, 2.45) is 0 Å². The highest BCUT2D eigenvalue weighted by molar-refractivity contribution is 6.01. The number of rotatable bonds is 4. The minimum absolute atomic E-state index is 0.115. The number of urea groups is 1. The normalized spacial score (nSPS) is 9.91. The summed E-state index contributed by atoms with van der Waals surface area (Å²) in [5.74, 6) is 5.48. The van der Waals surface area contributed by atoms with Gasteiger partial charge in [-0.2, -0.15) is 0 Å². The van der Waals surface area contributed by atoms with Crippen LogP contribution in [-0.4, -0.2) is 32.1 Å². The molecule has 0 spiro atoms. The van der Waals surface area contributed by atoms with E-state index in [2.05, 4.69) is 37.4 Å². The van der Waals surface area contributed by atoms with Crippen LogP contribution in [0, 0.1) is 11.8 Å². The highest BCUT2D eigenvalue weighted by atomic mass is 16.5. The van der Waals surface area contributed by atoms with Gasteiger partial charge in [-0.05, 0) is 48.5 Å². The molecule has 0 aliphatic heterocycles. The third-order valence-corrected chi connectivity index (χ3v) is 4.54. The van der Waals surface area contributed by atoms with Gasteiger partial charge in [-0.15, -0.1) is 0 Å². The number of nitrogens with zero attached hydrogens (tertiary/aromatic N) is 3. The van der Waals surface area contributed by atoms with Gasteiger partial charge in [0.1, 0.15) is 5.82 Å². The molecular formula is C25H18N6O3. The summed E-state index contributed by atoms with van der Waals surface area (Å²) in [5.41, 5.74) is 4.90. The van der Waals surface area contributed by atoms with Gasteiger partial charge in [0.05, 0.1) is 17.6 Å². The Hall–Kier alpha value is -5.07. The van der Waals surface area contributed by atoms with E-state index in [0.717, 1.165) is 11.1 Å². The summed E-state index contributed by atoms with van der Waals surface area (Å²) in [6, 6.07) is 16.6. The van der Waals surface area contributed by atoms with Gasteiger partial charge in [-0.1, -0.05) is 24.0 Å². The fourth-order valence-electron chi connectivity index (χ4n) is 2.96. The third kappa shape index (κ3) is 5.79. The Kier molecular flexibility index (Phi) is 6.83. The summed E-state index contributed by atoms with van der Waals surface area (Å²) in [6.07, 6.45) is 6.45. The minimum atomic E-state index is -0.738. The van der Waals surface area contributed by atoms with Gasteiger partial charge in [0, 0.05) is 40.8 Å². The van der Waals surface area contributed by atoms with Crippen LogP contribution in [-0.2, 0) is 0 Å². The van der Waals surface area contributed by atoms with E-state index >= 15 is 0 Å². The highest BCUT2D eigenvalue weighted by Crippen LogP contribution is 2.22. The Balaban J connectivity index is 1.57. The van der Waals surface area contributed by atoms with Crippen molar-refractivity contribution in [3.05, 3.63) is 102 Å². The molecule has 3 aromatic heterocycles. The Morgan fingerprint density at radius 1 is 0.824 bits per heavy atom. The number of hydroxylamine groups is 1. The number of benzene rings is 1. The first-order chi connectivity index (χ1) is 16.6. The molecule has 0 saturated heterocycles. The van der Waals surface area contributed by atoms with E-state index in [9.17, 15) is 9.59 Å². The van der Waals surface area contributed by atoms with Crippen LogP contribution in [0.2, 0.25) is 0 Å². The van der Waals surface area contributed by atoms with Crippen molar-refractivity contribution in [2.75, 3.05) is 10.6 Å². The number of hydrogen-bond acceptors (Lipinski definition) is 6. The number of aromatic nitrogens is 3. The Bertz CT molecular complexity index is 1360. The molecule has 0 fully saturated rings. The lowest BCUT2D eigenvalue weighted by molar-refractivity contribution is 0.0706. The standard InChI is InChI=1S/C25H18N6O3/c32-24(31-34)20-13-22(29-23(14-20)30-25(33)28-21-4-2-12-27-16-21)19-9-7-17(8-10-19)5-6-18-3-1-11-26-15-18/h1-4,7-16,34H,(H,31,32)(H2,28,29,30,33). The maximum Gasteiger partial charge on any atom is 0.324 e. The lowest BCUT2D eigenvalue weighted by atomic mass is 10.1. The van der Waals surface area contributed by atoms with Crippen LogP contribution in [0.15, 0.2) is 85.5 Å². The van der Waals surface area contributed by atoms with Crippen molar-refractivity contribution in [1.29, 1.82) is 0 Å². The summed E-state index contributed by atoms with van der Waals surface area (Å²) in [7, 11) is 0. The maximum absolute atomic E-state index is 12.4. The topological polar surface area (TPSA) is 129 Å². The van der Waals surface area contributed by atoms with E-state index in [0.29, 0.717) is 16.9 Å². The molecule has 3 heterocycles. The number of anilines is 2. The van der Waals surface area contributed by atoms with Crippen molar-refractivity contribution in [3.63, 3.8) is 0 Å². The molecule has 9 heteroatoms. The van der Waals surface area contributed by atoms with Gasteiger partial charge in [0.2, 0.25) is 0 Å². The highest BCUT2D eigenvalue weighted by Gasteiger charge is 2.13. The lowest BCUT2D eigenvalue weighted by Crippen LogP contribution is -2.22. The molecule has 4 N–H and O–H groups in total. The summed E-state index contributed by atoms with van der Waals surface area (Å²) >= 11 is 0. The molecule has 0 bridgehead atoms. The van der Waals surface area contributed by atoms with Gasteiger partial charge in [0.15, 0.2) is 0 Å². The lowest BCUT2D eigenvalue weighted by Gasteiger charge is -2.10. The predicted molar refractivity (Wildman–Crippen MR) is 126 cm³/mol. The zero-order chi connectivity index (χ0) is 23.8. The third-order valence-electron chi connectivity index (χ3n) is 4.54. The number of amides is 3. The second kappa shape index (κ2) is 10.5. The number of carbonyl (C=O) groups is 2. The predicted octanol–water partition coefficient (Wildman–Crippen LogP) is 3.70. The first-order valence-electron chi connectivity index (χ1n) is 10.1. The van der Waals surface area contributed by atoms with E-state index in [-0.39, 0.29) is 11.4 Å². The molecule has 1 aromatic carbocycles. The first-order valence-corrected chi connectivity index (χ1v) is 10.1. The summed E-state index contributed by atoms with van der Waals surface area (Å²) in [6.45, 7) is 0. The number of nitrogens with one attached hydrogen (secondary N) is 3. The van der Waals surface area contributed by atoms with E-state index < -0.39 is 11.9 Å². The molecular weight excluding hydrogens is 432 g/mol. The summed E-state index contributed by atoms with van der Waals surface area (Å²) in [5, 5.41) is 14.3. The SMILES string of the molecule is O=C(Nc1cccnc1)Nc1cc(C(=O)NO)cc(-c2ccc(C#Cc3cccnc3)cc2)n1. The number of carbonyl (C=O) groups excluding carboxylic acids is 2. The molecule has 4 rings (SSSR count). The smallest absolute Gasteiger partial charge is 0.306 e. The Morgan fingerprint density at radius 3 is 2.24 bits per heavy atom. The second-order valence-corrected chi connectivity index (χ2v) is 6.96. The molecule has 0 aliphatic carbocycles. The van der Waals surface area contributed by atoms with Crippen LogP contribution in [0.5, 0.6) is 0 Å². The Morgan fingerprint density at radius 2 is 1.56 bits per heavy atom. The first kappa shape index (κ1) is 22.1. The van der Waals surface area contributed by atoms with Crippen LogP contribution in [0.1, 0.15) is 21.5 Å². The summed E-state index contributed by atoms with van der Waals surface area (Å²) in [4.78, 5) is 36.8. The average molecular weight is 450 g/mol. The second-order valence-electron chi connectivity index (χ2n) is 6.96. The van der Waals surface area contributed by atoms with Crippen LogP contribution in [0.3, 0.4) is 0 Å². The van der Waals surface area contributed by atoms with Crippen molar-refractivity contribution in [2.45, 2.75) is 0 Å². The molecule has 0 radical (unpaired) electrons.